The third kappa shape index (κ3) is 3.64. The van der Waals surface area contributed by atoms with E-state index < -0.39 is 5.97 Å². The number of hydrogen-bond acceptors (Lipinski definition) is 2. The Morgan fingerprint density at radius 3 is 2.80 bits per heavy atom. The second kappa shape index (κ2) is 5.41. The largest absolute Gasteiger partial charge is 0.478 e. The molecular formula is C11H12ClNO2. The van der Waals surface area contributed by atoms with Crippen LogP contribution in [0.2, 0.25) is 0 Å². The van der Waals surface area contributed by atoms with E-state index in [1.165, 1.54) is 6.07 Å². The average molecular weight is 226 g/mol. The van der Waals surface area contributed by atoms with Gasteiger partial charge in [-0.15, -0.1) is 11.6 Å². The van der Waals surface area contributed by atoms with E-state index >= 15 is 0 Å². The minimum Gasteiger partial charge on any atom is -0.478 e. The Kier molecular flexibility index (Phi) is 4.18. The first-order valence-electron chi connectivity index (χ1n) is 4.50. The average Bonchev–Trinajstić information content (AvgIpc) is 2.17. The van der Waals surface area contributed by atoms with Crippen LogP contribution in [0, 0.1) is 0 Å². The van der Waals surface area contributed by atoms with Gasteiger partial charge in [0.15, 0.2) is 0 Å². The highest BCUT2D eigenvalue weighted by Crippen LogP contribution is 2.13. The highest BCUT2D eigenvalue weighted by molar-refractivity contribution is 6.17. The lowest BCUT2D eigenvalue weighted by molar-refractivity contribution is 0.0697. The first kappa shape index (κ1) is 11.6. The van der Waals surface area contributed by atoms with Crippen LogP contribution in [0.1, 0.15) is 22.3 Å². The molecule has 0 aliphatic heterocycles. The van der Waals surface area contributed by atoms with Gasteiger partial charge in [0.1, 0.15) is 0 Å². The number of benzene rings is 1. The van der Waals surface area contributed by atoms with Crippen LogP contribution in [-0.2, 0) is 0 Å². The molecule has 0 aromatic heterocycles. The SMILES string of the molecule is Nc1cc(C=CCCCl)cc(C(=O)O)c1. The third-order valence-electron chi connectivity index (χ3n) is 1.81. The van der Waals surface area contributed by atoms with Gasteiger partial charge in [-0.1, -0.05) is 12.2 Å². The quantitative estimate of drug-likeness (QED) is 0.612. The highest BCUT2D eigenvalue weighted by atomic mass is 35.5. The van der Waals surface area contributed by atoms with Crippen molar-refractivity contribution in [3.8, 4) is 0 Å². The monoisotopic (exact) mass is 225 g/mol. The number of halogens is 1. The fourth-order valence-corrected chi connectivity index (χ4v) is 1.30. The van der Waals surface area contributed by atoms with E-state index in [-0.39, 0.29) is 5.56 Å². The summed E-state index contributed by atoms with van der Waals surface area (Å²) in [5.74, 6) is -0.431. The Labute approximate surface area is 93.2 Å². The number of allylic oxidation sites excluding steroid dienone is 1. The summed E-state index contributed by atoms with van der Waals surface area (Å²) in [4.78, 5) is 10.7. The van der Waals surface area contributed by atoms with Gasteiger partial charge >= 0.3 is 5.97 Å². The molecule has 1 rings (SSSR count). The second-order valence-electron chi connectivity index (χ2n) is 3.07. The molecule has 0 bridgehead atoms. The highest BCUT2D eigenvalue weighted by Gasteiger charge is 2.03. The van der Waals surface area contributed by atoms with Crippen LogP contribution in [-0.4, -0.2) is 17.0 Å². The number of carboxylic acids is 1. The molecule has 0 radical (unpaired) electrons. The fourth-order valence-electron chi connectivity index (χ4n) is 1.18. The van der Waals surface area contributed by atoms with Crippen LogP contribution in [0.4, 0.5) is 5.69 Å². The van der Waals surface area contributed by atoms with Gasteiger partial charge in [-0.2, -0.15) is 0 Å². The molecule has 0 aliphatic carbocycles. The van der Waals surface area contributed by atoms with Gasteiger partial charge in [-0.3, -0.25) is 0 Å². The van der Waals surface area contributed by atoms with Crippen LogP contribution in [0.3, 0.4) is 0 Å². The maximum Gasteiger partial charge on any atom is 0.335 e. The lowest BCUT2D eigenvalue weighted by Gasteiger charge is -2.00. The number of hydrogen-bond donors (Lipinski definition) is 2. The van der Waals surface area contributed by atoms with Crippen molar-refractivity contribution >= 4 is 29.3 Å². The third-order valence-corrected chi connectivity index (χ3v) is 2.03. The molecule has 0 atom stereocenters. The zero-order chi connectivity index (χ0) is 11.3. The normalized spacial score (nSPS) is 10.7. The van der Waals surface area contributed by atoms with E-state index in [1.807, 2.05) is 12.2 Å². The predicted octanol–water partition coefficient (Wildman–Crippen LogP) is 2.61. The minimum atomic E-state index is -0.978. The van der Waals surface area contributed by atoms with Crippen molar-refractivity contribution in [2.45, 2.75) is 6.42 Å². The van der Waals surface area contributed by atoms with Crippen LogP contribution < -0.4 is 5.73 Å². The van der Waals surface area contributed by atoms with Gasteiger partial charge < -0.3 is 10.8 Å². The summed E-state index contributed by atoms with van der Waals surface area (Å²) in [6, 6.07) is 4.72. The molecule has 0 unspecified atom stereocenters. The van der Waals surface area contributed by atoms with Crippen LogP contribution in [0.25, 0.3) is 6.08 Å². The number of carboxylic acid groups (broad SMARTS) is 1. The Balaban J connectivity index is 2.93. The number of nitrogens with two attached hydrogens (primary N) is 1. The number of rotatable bonds is 4. The van der Waals surface area contributed by atoms with E-state index in [0.29, 0.717) is 11.6 Å². The van der Waals surface area contributed by atoms with Crippen molar-refractivity contribution in [2.75, 3.05) is 11.6 Å². The maximum absolute atomic E-state index is 10.7. The number of anilines is 1. The van der Waals surface area contributed by atoms with Crippen LogP contribution in [0.15, 0.2) is 24.3 Å². The van der Waals surface area contributed by atoms with E-state index in [9.17, 15) is 4.79 Å². The van der Waals surface area contributed by atoms with Gasteiger partial charge in [0.05, 0.1) is 5.56 Å². The van der Waals surface area contributed by atoms with Crippen molar-refractivity contribution in [3.05, 3.63) is 35.4 Å². The molecule has 3 nitrogen and oxygen atoms in total. The molecule has 3 N–H and O–H groups in total. The predicted molar refractivity (Wildman–Crippen MR) is 62.2 cm³/mol. The van der Waals surface area contributed by atoms with Gasteiger partial charge in [0.2, 0.25) is 0 Å². The Hall–Kier alpha value is -1.48. The first-order valence-corrected chi connectivity index (χ1v) is 5.03. The first-order chi connectivity index (χ1) is 7.13. The fraction of sp³-hybridized carbons (Fsp3) is 0.182. The molecule has 0 fully saturated rings. The maximum atomic E-state index is 10.7. The van der Waals surface area contributed by atoms with Crippen molar-refractivity contribution in [1.29, 1.82) is 0 Å². The molecule has 0 heterocycles. The number of aromatic carboxylic acids is 1. The van der Waals surface area contributed by atoms with Gasteiger partial charge in [-0.25, -0.2) is 4.79 Å². The Morgan fingerprint density at radius 2 is 2.20 bits per heavy atom. The number of alkyl halides is 1. The van der Waals surface area contributed by atoms with E-state index in [4.69, 9.17) is 22.4 Å². The van der Waals surface area contributed by atoms with Gasteiger partial charge in [0.25, 0.3) is 0 Å². The zero-order valence-corrected chi connectivity index (χ0v) is 8.87. The molecule has 80 valence electrons. The lowest BCUT2D eigenvalue weighted by atomic mass is 10.1. The molecular weight excluding hydrogens is 214 g/mol. The zero-order valence-electron chi connectivity index (χ0n) is 8.11. The van der Waals surface area contributed by atoms with Crippen molar-refractivity contribution in [3.63, 3.8) is 0 Å². The molecule has 0 aliphatic rings. The van der Waals surface area contributed by atoms with E-state index in [1.54, 1.807) is 12.1 Å². The van der Waals surface area contributed by atoms with Crippen molar-refractivity contribution in [1.82, 2.24) is 0 Å². The molecule has 0 saturated carbocycles. The molecule has 0 amide bonds. The molecule has 0 saturated heterocycles. The summed E-state index contributed by atoms with van der Waals surface area (Å²) < 4.78 is 0. The summed E-state index contributed by atoms with van der Waals surface area (Å²) in [6.45, 7) is 0. The van der Waals surface area contributed by atoms with Crippen molar-refractivity contribution < 1.29 is 9.90 Å². The minimum absolute atomic E-state index is 0.195. The smallest absolute Gasteiger partial charge is 0.335 e. The second-order valence-corrected chi connectivity index (χ2v) is 3.45. The van der Waals surface area contributed by atoms with Crippen molar-refractivity contribution in [2.24, 2.45) is 0 Å². The van der Waals surface area contributed by atoms with Crippen LogP contribution in [0.5, 0.6) is 0 Å². The Morgan fingerprint density at radius 1 is 1.47 bits per heavy atom. The molecule has 1 aromatic carbocycles. The topological polar surface area (TPSA) is 63.3 Å². The van der Waals surface area contributed by atoms with E-state index in [2.05, 4.69) is 0 Å². The van der Waals surface area contributed by atoms with E-state index in [0.717, 1.165) is 12.0 Å². The van der Waals surface area contributed by atoms with Crippen LogP contribution >= 0.6 is 11.6 Å². The summed E-state index contributed by atoms with van der Waals surface area (Å²) >= 11 is 5.51. The van der Waals surface area contributed by atoms with Gasteiger partial charge in [-0.05, 0) is 30.2 Å². The summed E-state index contributed by atoms with van der Waals surface area (Å²) in [6.07, 6.45) is 4.44. The Bertz CT molecular complexity index is 388. The summed E-state index contributed by atoms with van der Waals surface area (Å²) in [5, 5.41) is 8.80. The summed E-state index contributed by atoms with van der Waals surface area (Å²) in [7, 11) is 0. The lowest BCUT2D eigenvalue weighted by Crippen LogP contribution is -1.98. The number of nitrogen functional groups attached to an aromatic ring is 1. The standard InChI is InChI=1S/C11H12ClNO2/c12-4-2-1-3-8-5-9(11(14)15)7-10(13)6-8/h1,3,5-7H,2,4,13H2,(H,14,15). The summed E-state index contributed by atoms with van der Waals surface area (Å²) in [5.41, 5.74) is 6.99. The molecule has 15 heavy (non-hydrogen) atoms. The number of carbonyl (C=O) groups is 1. The molecule has 0 spiro atoms. The van der Waals surface area contributed by atoms with Gasteiger partial charge in [0, 0.05) is 11.6 Å². The molecule has 1 aromatic rings. The molecule has 4 heteroatoms.